The Kier molecular flexibility index (Phi) is 28.6. The van der Waals surface area contributed by atoms with Gasteiger partial charge in [-0.1, -0.05) is 12.8 Å². The van der Waals surface area contributed by atoms with Gasteiger partial charge in [0.15, 0.2) is 0 Å². The molecule has 0 atom stereocenters. The number of likely N-dealkylation sites (N-methyl/N-ethyl adjacent to an activating group) is 2. The van der Waals surface area contributed by atoms with Crippen LogP contribution in [0.1, 0.15) is 212 Å². The summed E-state index contributed by atoms with van der Waals surface area (Å²) in [5.41, 5.74) is 0.973. The van der Waals surface area contributed by atoms with Gasteiger partial charge in [-0.2, -0.15) is 29.9 Å². The number of nitrogens with one attached hydrogen (secondary N) is 4. The average Bonchev–Trinajstić information content (AvgIpc) is 0.799. The lowest BCUT2D eigenvalue weighted by molar-refractivity contribution is -0.0121. The van der Waals surface area contributed by atoms with Crippen molar-refractivity contribution >= 4 is 23.8 Å². The summed E-state index contributed by atoms with van der Waals surface area (Å²) < 4.78 is 5.59. The van der Waals surface area contributed by atoms with Gasteiger partial charge in [0.25, 0.3) is 0 Å². The first-order valence-electron chi connectivity index (χ1n) is 35.5. The second-order valence-electron chi connectivity index (χ2n) is 33.8. The van der Waals surface area contributed by atoms with E-state index >= 15 is 0 Å². The summed E-state index contributed by atoms with van der Waals surface area (Å²) in [6.45, 7) is 53.7. The average molecular weight is 1280 g/mol. The van der Waals surface area contributed by atoms with Crippen molar-refractivity contribution in [2.75, 3.05) is 162 Å². The van der Waals surface area contributed by atoms with Gasteiger partial charge in [0.1, 0.15) is 11.6 Å². The molecule has 7 heterocycles. The summed E-state index contributed by atoms with van der Waals surface area (Å²) >= 11 is 0. The maximum absolute atomic E-state index is 5.59. The van der Waals surface area contributed by atoms with Crippen molar-refractivity contribution in [2.45, 2.75) is 283 Å². The van der Waals surface area contributed by atoms with Crippen molar-refractivity contribution in [1.29, 1.82) is 0 Å². The Morgan fingerprint density at radius 3 is 1.21 bits per heavy atom. The Labute approximate surface area is 558 Å². The van der Waals surface area contributed by atoms with Gasteiger partial charge in [0, 0.05) is 115 Å². The van der Waals surface area contributed by atoms with Crippen LogP contribution in [0.2, 0.25) is 0 Å². The van der Waals surface area contributed by atoms with Crippen LogP contribution in [0.3, 0.4) is 0 Å². The molecule has 5 aliphatic heterocycles. The zero-order valence-corrected chi connectivity index (χ0v) is 63.8. The molecule has 5 fully saturated rings. The fourth-order valence-corrected chi connectivity index (χ4v) is 16.1. The highest BCUT2D eigenvalue weighted by Gasteiger charge is 2.47. The molecule has 91 heavy (non-hydrogen) atoms. The number of nitrogens with zero attached hydrogens (tertiary/aromatic N) is 15. The monoisotopic (exact) mass is 1280 g/mol. The Hall–Kier alpha value is -3.18. The number of aryl methyl sites for hydroxylation is 2. The summed E-state index contributed by atoms with van der Waals surface area (Å²) in [6.07, 6.45) is 16.2. The number of morpholine rings is 1. The quantitative estimate of drug-likeness (QED) is 0.0658. The van der Waals surface area contributed by atoms with Crippen LogP contribution >= 0.6 is 0 Å². The fraction of sp³-hybridized carbons (Fsp3) is 0.915. The SMILES string of the molecule is CNCCCN(C)CCN(C)CCCNC.Cc1nc(N(C)C2CC(C)(C)N(C)C(C)(C)C2)nc(N(C)C2CC(C)(C)N(C)C(C)(C)C2)n1.Cc1nc(N2CCOCC2)nc(N(CCCCCCN(C)C2CC(C)(C)NC(C)(C)C2)C2CC(C)(C)NC(C)(C)C2)n1. The van der Waals surface area contributed by atoms with Crippen LogP contribution in [0.25, 0.3) is 0 Å². The summed E-state index contributed by atoms with van der Waals surface area (Å²) in [6, 6.07) is 1.79. The van der Waals surface area contributed by atoms with E-state index in [4.69, 9.17) is 34.6 Å². The zero-order valence-electron chi connectivity index (χ0n) is 63.8. The number of hydrogen-bond acceptors (Lipinski definition) is 20. The number of likely N-dealkylation sites (tertiary alicyclic amines) is 2. The molecule has 20 heteroatoms. The molecule has 0 radical (unpaired) electrons. The topological polar surface area (TPSA) is 164 Å². The largest absolute Gasteiger partial charge is 0.378 e. The first-order valence-corrected chi connectivity index (χ1v) is 35.5. The van der Waals surface area contributed by atoms with E-state index in [2.05, 4.69) is 225 Å². The van der Waals surface area contributed by atoms with E-state index in [9.17, 15) is 0 Å². The summed E-state index contributed by atoms with van der Waals surface area (Å²) in [5.74, 6) is 4.80. The second kappa shape index (κ2) is 33.2. The molecule has 2 aromatic rings. The van der Waals surface area contributed by atoms with Gasteiger partial charge in [-0.25, -0.2) is 0 Å². The fourth-order valence-electron chi connectivity index (χ4n) is 16.1. The van der Waals surface area contributed by atoms with Gasteiger partial charge in [-0.15, -0.1) is 0 Å². The van der Waals surface area contributed by atoms with Crippen LogP contribution < -0.4 is 40.9 Å². The molecular weight excluding hydrogens is 1130 g/mol. The van der Waals surface area contributed by atoms with Gasteiger partial charge >= 0.3 is 0 Å². The highest BCUT2D eigenvalue weighted by Crippen LogP contribution is 2.42. The minimum atomic E-state index is 0.0577. The maximum Gasteiger partial charge on any atom is 0.230 e. The Morgan fingerprint density at radius 2 is 0.802 bits per heavy atom. The van der Waals surface area contributed by atoms with Crippen molar-refractivity contribution < 1.29 is 4.74 Å². The second-order valence-corrected chi connectivity index (χ2v) is 33.8. The molecule has 526 valence electrons. The molecule has 0 unspecified atom stereocenters. The van der Waals surface area contributed by atoms with Crippen LogP contribution in [0.5, 0.6) is 0 Å². The van der Waals surface area contributed by atoms with Crippen LogP contribution in [0.15, 0.2) is 0 Å². The van der Waals surface area contributed by atoms with E-state index in [1.165, 1.54) is 77.7 Å². The number of rotatable bonds is 26. The van der Waals surface area contributed by atoms with Crippen molar-refractivity contribution in [3.8, 4) is 0 Å². The smallest absolute Gasteiger partial charge is 0.230 e. The zero-order chi connectivity index (χ0) is 68.1. The Balaban J connectivity index is 0.000000273. The number of aromatic nitrogens is 6. The molecule has 0 amide bonds. The Morgan fingerprint density at radius 1 is 0.429 bits per heavy atom. The molecule has 0 saturated carbocycles. The number of unbranched alkanes of at least 4 members (excludes halogenated alkanes) is 3. The highest BCUT2D eigenvalue weighted by molar-refractivity contribution is 5.42. The molecule has 0 spiro atoms. The third-order valence-corrected chi connectivity index (χ3v) is 21.2. The molecule has 5 aliphatic rings. The summed E-state index contributed by atoms with van der Waals surface area (Å²) in [5, 5.41) is 14.0. The molecule has 0 aliphatic carbocycles. The normalized spacial score (nSPS) is 22.5. The van der Waals surface area contributed by atoms with E-state index in [-0.39, 0.29) is 44.3 Å². The molecule has 0 aromatic carbocycles. The first kappa shape index (κ1) is 78.5. The van der Waals surface area contributed by atoms with Crippen LogP contribution in [-0.2, 0) is 4.74 Å². The third-order valence-electron chi connectivity index (χ3n) is 21.2. The molecule has 7 rings (SSSR count). The van der Waals surface area contributed by atoms with E-state index in [1.807, 2.05) is 27.9 Å². The first-order chi connectivity index (χ1) is 42.1. The van der Waals surface area contributed by atoms with Gasteiger partial charge < -0.3 is 60.3 Å². The van der Waals surface area contributed by atoms with Crippen LogP contribution in [0.4, 0.5) is 23.8 Å². The minimum Gasteiger partial charge on any atom is -0.378 e. The molecule has 20 nitrogen and oxygen atoms in total. The number of hydrogen-bond donors (Lipinski definition) is 4. The predicted molar refractivity (Wildman–Crippen MR) is 386 cm³/mol. The lowest BCUT2D eigenvalue weighted by atomic mass is 9.77. The van der Waals surface area contributed by atoms with Gasteiger partial charge in [0.05, 0.1) is 13.2 Å². The number of piperidine rings is 4. The highest BCUT2D eigenvalue weighted by atomic mass is 16.5. The van der Waals surface area contributed by atoms with Gasteiger partial charge in [-0.05, 0) is 284 Å². The molecule has 5 saturated heterocycles. The summed E-state index contributed by atoms with van der Waals surface area (Å²) in [7, 11) is 19.6. The molecule has 2 aromatic heterocycles. The molecule has 0 bridgehead atoms. The summed E-state index contributed by atoms with van der Waals surface area (Å²) in [4.78, 5) is 51.2. The molecule has 4 N–H and O–H groups in total. The number of anilines is 4. The van der Waals surface area contributed by atoms with Gasteiger partial charge in [0.2, 0.25) is 23.8 Å². The van der Waals surface area contributed by atoms with Crippen molar-refractivity contribution in [3.05, 3.63) is 11.6 Å². The van der Waals surface area contributed by atoms with Crippen LogP contribution in [-0.4, -0.2) is 265 Å². The van der Waals surface area contributed by atoms with Crippen molar-refractivity contribution in [1.82, 2.24) is 75.7 Å². The van der Waals surface area contributed by atoms with E-state index in [1.54, 1.807) is 0 Å². The van der Waals surface area contributed by atoms with Crippen molar-refractivity contribution in [3.63, 3.8) is 0 Å². The minimum absolute atomic E-state index is 0.0577. The Bertz CT molecular complexity index is 2330. The van der Waals surface area contributed by atoms with E-state index in [0.29, 0.717) is 24.2 Å². The van der Waals surface area contributed by atoms with Crippen LogP contribution in [0, 0.1) is 13.8 Å². The molecular formula is C71H141N19O. The maximum atomic E-state index is 5.59. The van der Waals surface area contributed by atoms with Gasteiger partial charge in [-0.3, -0.25) is 9.80 Å². The van der Waals surface area contributed by atoms with E-state index in [0.717, 1.165) is 126 Å². The lowest BCUT2D eigenvalue weighted by Gasteiger charge is -2.55. The predicted octanol–water partition coefficient (Wildman–Crippen LogP) is 9.36. The number of ether oxygens (including phenoxy) is 1. The van der Waals surface area contributed by atoms with Crippen molar-refractivity contribution in [2.24, 2.45) is 0 Å². The standard InChI is InChI=1S/C33H62N8O.C26H49N7.C12H30N4/c1-25-34-28(40-17-19-42-20-18-40)36-29(35-25)41(27-23-32(6,7)38-33(8,9)24-27)16-14-12-11-13-15-39(10)26-21-30(2,3)37-31(4,5)22-26;1-18-27-21(30(10)19-14-23(2,3)32(12)24(4,5)15-19)29-22(28-18)31(11)20-16-25(6,7)33(13)26(8,9)17-20;1-13-7-5-9-15(3)11-12-16(4)10-6-8-14-2/h26-27,37-38H,11-24H2,1-10H3;19-20H,14-17H2,1-13H3;13-14H,5-12H2,1-4H3. The van der Waals surface area contributed by atoms with E-state index < -0.39 is 0 Å². The third kappa shape index (κ3) is 24.2. The lowest BCUT2D eigenvalue weighted by Crippen LogP contribution is -2.62.